The summed E-state index contributed by atoms with van der Waals surface area (Å²) in [5, 5.41) is 11.9. The highest BCUT2D eigenvalue weighted by atomic mass is 35.5. The molecule has 16 heavy (non-hydrogen) atoms. The van der Waals surface area contributed by atoms with Crippen LogP contribution in [0.15, 0.2) is 30.5 Å². The van der Waals surface area contributed by atoms with Crippen LogP contribution in [0.3, 0.4) is 0 Å². The van der Waals surface area contributed by atoms with Crippen LogP contribution in [0.2, 0.25) is 4.34 Å². The minimum Gasteiger partial charge on any atom is -0.365 e. The summed E-state index contributed by atoms with van der Waals surface area (Å²) in [7, 11) is 0. The Morgan fingerprint density at radius 1 is 1.44 bits per heavy atom. The molecule has 0 saturated carbocycles. The molecule has 0 atom stereocenters. The lowest BCUT2D eigenvalue weighted by Gasteiger charge is -2.03. The molecule has 2 aromatic rings. The molecular formula is C11H8ClN3S. The monoisotopic (exact) mass is 249 g/mol. The average Bonchev–Trinajstić information content (AvgIpc) is 2.73. The lowest BCUT2D eigenvalue weighted by Crippen LogP contribution is -1.99. The van der Waals surface area contributed by atoms with Gasteiger partial charge in [-0.25, -0.2) is 4.98 Å². The first-order valence-electron chi connectivity index (χ1n) is 4.62. The molecule has 0 aliphatic rings. The number of hydrogen-bond donors (Lipinski definition) is 1. The number of nitrogens with zero attached hydrogens (tertiary/aromatic N) is 2. The molecule has 5 heteroatoms. The summed E-state index contributed by atoms with van der Waals surface area (Å²) in [5.74, 6) is 0.698. The molecule has 0 aliphatic carbocycles. The smallest absolute Gasteiger partial charge is 0.127 e. The number of pyridine rings is 1. The number of anilines is 1. The lowest BCUT2D eigenvalue weighted by molar-refractivity contribution is 1.14. The van der Waals surface area contributed by atoms with Crippen molar-refractivity contribution in [3.05, 3.63) is 45.2 Å². The highest BCUT2D eigenvalue weighted by molar-refractivity contribution is 7.16. The van der Waals surface area contributed by atoms with Crippen LogP contribution >= 0.6 is 22.9 Å². The van der Waals surface area contributed by atoms with Gasteiger partial charge >= 0.3 is 0 Å². The third-order valence-electron chi connectivity index (χ3n) is 1.96. The molecule has 0 amide bonds. The van der Waals surface area contributed by atoms with Crippen molar-refractivity contribution in [1.29, 1.82) is 5.26 Å². The van der Waals surface area contributed by atoms with Crippen LogP contribution < -0.4 is 5.32 Å². The maximum Gasteiger partial charge on any atom is 0.127 e. The van der Waals surface area contributed by atoms with E-state index in [9.17, 15) is 0 Å². The van der Waals surface area contributed by atoms with Crippen molar-refractivity contribution >= 4 is 28.8 Å². The van der Waals surface area contributed by atoms with Gasteiger partial charge in [0.25, 0.3) is 0 Å². The molecule has 3 nitrogen and oxygen atoms in total. The van der Waals surface area contributed by atoms with Crippen molar-refractivity contribution in [2.75, 3.05) is 5.32 Å². The summed E-state index contributed by atoms with van der Waals surface area (Å²) >= 11 is 7.35. The molecule has 80 valence electrons. The molecule has 0 aliphatic heterocycles. The zero-order chi connectivity index (χ0) is 11.4. The Hall–Kier alpha value is -1.57. The summed E-state index contributed by atoms with van der Waals surface area (Å²) in [6.45, 7) is 0.666. The second kappa shape index (κ2) is 4.97. The molecule has 0 saturated heterocycles. The summed E-state index contributed by atoms with van der Waals surface area (Å²) < 4.78 is 0.774. The summed E-state index contributed by atoms with van der Waals surface area (Å²) in [6, 6.07) is 9.29. The number of nitrogens with one attached hydrogen (secondary N) is 1. The number of hydrogen-bond acceptors (Lipinski definition) is 4. The molecular weight excluding hydrogens is 242 g/mol. The number of halogens is 1. The van der Waals surface area contributed by atoms with E-state index in [-0.39, 0.29) is 0 Å². The molecule has 0 bridgehead atoms. The molecule has 0 aromatic carbocycles. The first kappa shape index (κ1) is 10.9. The van der Waals surface area contributed by atoms with E-state index in [0.29, 0.717) is 17.9 Å². The predicted molar refractivity (Wildman–Crippen MR) is 65.6 cm³/mol. The summed E-state index contributed by atoms with van der Waals surface area (Å²) in [5.41, 5.74) is 0.599. The molecule has 2 heterocycles. The van der Waals surface area contributed by atoms with Gasteiger partial charge in [0.2, 0.25) is 0 Å². The van der Waals surface area contributed by atoms with Crippen molar-refractivity contribution < 1.29 is 0 Å². The van der Waals surface area contributed by atoms with Gasteiger partial charge in [-0.2, -0.15) is 5.26 Å². The third-order valence-corrected chi connectivity index (χ3v) is 3.19. The largest absolute Gasteiger partial charge is 0.365 e. The maximum absolute atomic E-state index is 8.73. The normalized spacial score (nSPS) is 9.75. The van der Waals surface area contributed by atoms with E-state index in [4.69, 9.17) is 16.9 Å². The number of rotatable bonds is 3. The van der Waals surface area contributed by atoms with Gasteiger partial charge in [-0.05, 0) is 24.3 Å². The Morgan fingerprint density at radius 3 is 3.00 bits per heavy atom. The standard InChI is InChI=1S/C11H8ClN3S/c12-10-2-1-9(16-10)7-15-11-5-8(6-13)3-4-14-11/h1-5H,7H2,(H,14,15). The van der Waals surface area contributed by atoms with Gasteiger partial charge in [-0.1, -0.05) is 11.6 Å². The number of thiophene rings is 1. The van der Waals surface area contributed by atoms with E-state index in [1.807, 2.05) is 12.1 Å². The van der Waals surface area contributed by atoms with Crippen molar-refractivity contribution in [2.24, 2.45) is 0 Å². The van der Waals surface area contributed by atoms with Crippen LogP contribution in [-0.4, -0.2) is 4.98 Å². The second-order valence-electron chi connectivity index (χ2n) is 3.10. The van der Waals surface area contributed by atoms with Gasteiger partial charge in [0.05, 0.1) is 22.5 Å². The first-order valence-corrected chi connectivity index (χ1v) is 5.81. The zero-order valence-corrected chi connectivity index (χ0v) is 9.85. The molecule has 2 aromatic heterocycles. The molecule has 0 radical (unpaired) electrons. The first-order chi connectivity index (χ1) is 7.78. The fourth-order valence-corrected chi connectivity index (χ4v) is 2.25. The maximum atomic E-state index is 8.73. The van der Waals surface area contributed by atoms with E-state index in [2.05, 4.69) is 16.4 Å². The Kier molecular flexibility index (Phi) is 3.40. The van der Waals surface area contributed by atoms with Crippen molar-refractivity contribution in [2.45, 2.75) is 6.54 Å². The Morgan fingerprint density at radius 2 is 2.31 bits per heavy atom. The second-order valence-corrected chi connectivity index (χ2v) is 4.90. The van der Waals surface area contributed by atoms with Gasteiger partial charge in [0.1, 0.15) is 5.82 Å². The van der Waals surface area contributed by atoms with Crippen molar-refractivity contribution in [3.8, 4) is 6.07 Å². The van der Waals surface area contributed by atoms with Crippen LogP contribution in [-0.2, 0) is 6.54 Å². The topological polar surface area (TPSA) is 48.7 Å². The number of aromatic nitrogens is 1. The van der Waals surface area contributed by atoms with E-state index >= 15 is 0 Å². The molecule has 2 rings (SSSR count). The van der Waals surface area contributed by atoms with Gasteiger partial charge < -0.3 is 5.32 Å². The molecule has 0 spiro atoms. The molecule has 0 unspecified atom stereocenters. The van der Waals surface area contributed by atoms with Crippen LogP contribution in [0.4, 0.5) is 5.82 Å². The van der Waals surface area contributed by atoms with E-state index in [0.717, 1.165) is 9.21 Å². The van der Waals surface area contributed by atoms with Gasteiger partial charge in [0, 0.05) is 11.1 Å². The SMILES string of the molecule is N#Cc1ccnc(NCc2ccc(Cl)s2)c1. The minimum absolute atomic E-state index is 0.599. The highest BCUT2D eigenvalue weighted by Gasteiger charge is 1.99. The van der Waals surface area contributed by atoms with Crippen LogP contribution in [0, 0.1) is 11.3 Å². The Balaban J connectivity index is 2.02. The van der Waals surface area contributed by atoms with Crippen LogP contribution in [0.5, 0.6) is 0 Å². The Labute approximate surface area is 102 Å². The number of nitriles is 1. The van der Waals surface area contributed by atoms with E-state index < -0.39 is 0 Å². The van der Waals surface area contributed by atoms with Gasteiger partial charge in [-0.15, -0.1) is 11.3 Å². The summed E-state index contributed by atoms with van der Waals surface area (Å²) in [6.07, 6.45) is 1.61. The fourth-order valence-electron chi connectivity index (χ4n) is 1.22. The van der Waals surface area contributed by atoms with Gasteiger partial charge in [-0.3, -0.25) is 0 Å². The molecule has 1 N–H and O–H groups in total. The van der Waals surface area contributed by atoms with Crippen LogP contribution in [0.25, 0.3) is 0 Å². The predicted octanol–water partition coefficient (Wildman–Crippen LogP) is 3.28. The van der Waals surface area contributed by atoms with Gasteiger partial charge in [0.15, 0.2) is 0 Å². The third kappa shape index (κ3) is 2.72. The van der Waals surface area contributed by atoms with E-state index in [1.165, 1.54) is 11.3 Å². The van der Waals surface area contributed by atoms with E-state index in [1.54, 1.807) is 18.3 Å². The zero-order valence-electron chi connectivity index (χ0n) is 8.27. The minimum atomic E-state index is 0.599. The van der Waals surface area contributed by atoms with Crippen LogP contribution in [0.1, 0.15) is 10.4 Å². The summed E-state index contributed by atoms with van der Waals surface area (Å²) in [4.78, 5) is 5.25. The van der Waals surface area contributed by atoms with Crippen molar-refractivity contribution in [3.63, 3.8) is 0 Å². The Bertz CT molecular complexity index is 530. The van der Waals surface area contributed by atoms with Crippen molar-refractivity contribution in [1.82, 2.24) is 4.98 Å². The molecule has 0 fully saturated rings. The lowest BCUT2D eigenvalue weighted by atomic mass is 10.3. The average molecular weight is 250 g/mol. The fraction of sp³-hybridized carbons (Fsp3) is 0.0909. The highest BCUT2D eigenvalue weighted by Crippen LogP contribution is 2.22. The quantitative estimate of drug-likeness (QED) is 0.908.